The number of aliphatic hydroxyl groups is 3. The second kappa shape index (κ2) is 7.33. The molecule has 3 N–H and O–H groups in total. The number of fused-ring (bicyclic) bond motifs is 4. The van der Waals surface area contributed by atoms with E-state index in [0.717, 1.165) is 44.9 Å². The van der Waals surface area contributed by atoms with Crippen LogP contribution in [0.3, 0.4) is 0 Å². The van der Waals surface area contributed by atoms with Gasteiger partial charge in [0.05, 0.1) is 11.7 Å². The number of rotatable bonds is 5. The molecule has 5 heteroatoms. The van der Waals surface area contributed by atoms with Crippen LogP contribution in [0.2, 0.25) is 0 Å². The van der Waals surface area contributed by atoms with Crippen molar-refractivity contribution in [1.29, 1.82) is 0 Å². The van der Waals surface area contributed by atoms with Gasteiger partial charge in [-0.3, -0.25) is 4.79 Å². The van der Waals surface area contributed by atoms with E-state index in [2.05, 4.69) is 41.5 Å². The van der Waals surface area contributed by atoms with Gasteiger partial charge < -0.3 is 20.1 Å². The lowest BCUT2D eigenvalue weighted by Gasteiger charge is -2.68. The molecule has 5 rings (SSSR count). The molecule has 0 bridgehead atoms. The van der Waals surface area contributed by atoms with Crippen molar-refractivity contribution in [3.05, 3.63) is 0 Å². The van der Waals surface area contributed by atoms with Crippen LogP contribution in [0.1, 0.15) is 113 Å². The Morgan fingerprint density at radius 1 is 0.971 bits per heavy atom. The summed E-state index contributed by atoms with van der Waals surface area (Å²) < 4.78 is 6.89. The molecule has 35 heavy (non-hydrogen) atoms. The predicted molar refractivity (Wildman–Crippen MR) is 136 cm³/mol. The number of Topliss-reactive ketones (excluding diaryl/α,β-unsaturated/α-hetero) is 1. The predicted octanol–water partition coefficient (Wildman–Crippen LogP) is 5.03. The van der Waals surface area contributed by atoms with E-state index < -0.39 is 17.8 Å². The minimum atomic E-state index is -1.34. The normalized spacial score (nSPS) is 50.9. The van der Waals surface area contributed by atoms with Gasteiger partial charge in [-0.25, -0.2) is 0 Å². The summed E-state index contributed by atoms with van der Waals surface area (Å²) in [5, 5.41) is 31.4. The van der Waals surface area contributed by atoms with Crippen molar-refractivity contribution in [3.8, 4) is 0 Å². The van der Waals surface area contributed by atoms with Gasteiger partial charge >= 0.3 is 0 Å². The van der Waals surface area contributed by atoms with E-state index in [1.165, 1.54) is 0 Å². The second-order valence-corrected chi connectivity index (χ2v) is 15.2. The molecule has 0 aromatic carbocycles. The Kier molecular flexibility index (Phi) is 5.47. The molecule has 1 aliphatic heterocycles. The number of carbonyl (C=O) groups is 1. The van der Waals surface area contributed by atoms with Crippen LogP contribution in [-0.4, -0.2) is 50.1 Å². The molecule has 5 aliphatic rings. The molecule has 4 saturated carbocycles. The van der Waals surface area contributed by atoms with Crippen LogP contribution in [0, 0.1) is 39.4 Å². The summed E-state index contributed by atoms with van der Waals surface area (Å²) in [6.45, 7) is 17.2. The minimum Gasteiger partial charge on any atom is -0.390 e. The Morgan fingerprint density at radius 3 is 2.23 bits per heavy atom. The van der Waals surface area contributed by atoms with Crippen LogP contribution in [0.15, 0.2) is 0 Å². The van der Waals surface area contributed by atoms with Gasteiger partial charge in [0.15, 0.2) is 0 Å². The van der Waals surface area contributed by atoms with Crippen molar-refractivity contribution >= 4 is 5.78 Å². The second-order valence-electron chi connectivity index (χ2n) is 15.2. The SMILES string of the molecule is C[C@H](C[C@H](O)[C@@H](O)C(C)(C)O)[C@]12CC[C@@]3(C)[C@@]1(CC[C@H]1[C@@]4(C)CCC(=O)C(C)(C)[C@@H]4CC[C@@]13C)O2. The molecule has 0 unspecified atom stereocenters. The quantitative estimate of drug-likeness (QED) is 0.470. The van der Waals surface area contributed by atoms with Crippen molar-refractivity contribution < 1.29 is 24.9 Å². The van der Waals surface area contributed by atoms with Gasteiger partial charge in [-0.1, -0.05) is 41.5 Å². The Labute approximate surface area is 212 Å². The van der Waals surface area contributed by atoms with E-state index in [0.29, 0.717) is 30.5 Å². The summed E-state index contributed by atoms with van der Waals surface area (Å²) in [6.07, 6.45) is 6.62. The van der Waals surface area contributed by atoms with E-state index in [9.17, 15) is 20.1 Å². The zero-order valence-electron chi connectivity index (χ0n) is 23.4. The number of hydrogen-bond acceptors (Lipinski definition) is 5. The average Bonchev–Trinajstić information content (AvgIpc) is 3.34. The lowest BCUT2D eigenvalue weighted by atomic mass is 9.35. The highest BCUT2D eigenvalue weighted by atomic mass is 16.6. The lowest BCUT2D eigenvalue weighted by molar-refractivity contribution is -0.208. The summed E-state index contributed by atoms with van der Waals surface area (Å²) in [6, 6.07) is 0. The van der Waals surface area contributed by atoms with E-state index >= 15 is 0 Å². The fourth-order valence-electron chi connectivity index (χ4n) is 10.9. The average molecular weight is 491 g/mol. The Morgan fingerprint density at radius 2 is 1.60 bits per heavy atom. The van der Waals surface area contributed by atoms with Crippen LogP contribution in [-0.2, 0) is 9.53 Å². The first-order chi connectivity index (χ1) is 15.9. The fraction of sp³-hybridized carbons (Fsp3) is 0.967. The first-order valence-electron chi connectivity index (χ1n) is 14.2. The van der Waals surface area contributed by atoms with Crippen molar-refractivity contribution in [2.75, 3.05) is 0 Å². The molecule has 0 aromatic rings. The van der Waals surface area contributed by atoms with Gasteiger partial charge in [0.1, 0.15) is 23.1 Å². The largest absolute Gasteiger partial charge is 0.390 e. The number of epoxide rings is 1. The first kappa shape index (κ1) is 26.1. The maximum absolute atomic E-state index is 12.9. The summed E-state index contributed by atoms with van der Waals surface area (Å²) in [7, 11) is 0. The van der Waals surface area contributed by atoms with E-state index in [1.807, 2.05) is 0 Å². The van der Waals surface area contributed by atoms with Gasteiger partial charge in [-0.2, -0.15) is 0 Å². The van der Waals surface area contributed by atoms with Crippen molar-refractivity contribution in [1.82, 2.24) is 0 Å². The molecule has 10 atom stereocenters. The van der Waals surface area contributed by atoms with Crippen LogP contribution in [0.5, 0.6) is 0 Å². The molecule has 1 heterocycles. The number of aliphatic hydroxyl groups excluding tert-OH is 2. The molecule has 0 aromatic heterocycles. The van der Waals surface area contributed by atoms with Crippen molar-refractivity contribution in [3.63, 3.8) is 0 Å². The van der Waals surface area contributed by atoms with Crippen LogP contribution < -0.4 is 0 Å². The van der Waals surface area contributed by atoms with Crippen molar-refractivity contribution in [2.24, 2.45) is 39.4 Å². The van der Waals surface area contributed by atoms with Gasteiger partial charge in [0, 0.05) is 17.3 Å². The number of ether oxygens (including phenoxy) is 1. The number of ketones is 1. The topological polar surface area (TPSA) is 90.3 Å². The fourth-order valence-corrected chi connectivity index (χ4v) is 10.9. The van der Waals surface area contributed by atoms with Gasteiger partial charge in [0.25, 0.3) is 0 Å². The van der Waals surface area contributed by atoms with Crippen LogP contribution in [0.4, 0.5) is 0 Å². The molecule has 4 aliphatic carbocycles. The molecule has 1 spiro atoms. The first-order valence-corrected chi connectivity index (χ1v) is 14.2. The Hall–Kier alpha value is -0.490. The summed E-state index contributed by atoms with van der Waals surface area (Å²) in [5.41, 5.74) is -1.55. The van der Waals surface area contributed by atoms with E-state index in [4.69, 9.17) is 4.74 Å². The maximum Gasteiger partial charge on any atom is 0.138 e. The standard InChI is InChI=1S/C30H50O5/c1-18(17-19(31)23(33)25(4,5)34)29-16-15-28(8)27(7)13-9-20-24(2,3)22(32)11-12-26(20,6)21(27)10-14-30(28,29)35-29/h18-21,23,31,33-34H,9-17H2,1-8H3/t18-,19+,20+,21+,23-,26+,27+,28-,29-,30-/m1/s1. The third kappa shape index (κ3) is 2.99. The highest BCUT2D eigenvalue weighted by Crippen LogP contribution is 2.84. The van der Waals surface area contributed by atoms with Gasteiger partial charge in [-0.15, -0.1) is 0 Å². The third-order valence-corrected chi connectivity index (χ3v) is 13.2. The highest BCUT2D eigenvalue weighted by Gasteiger charge is 2.87. The van der Waals surface area contributed by atoms with Crippen molar-refractivity contribution in [2.45, 2.75) is 142 Å². The zero-order chi connectivity index (χ0) is 26.0. The molecule has 5 fully saturated rings. The van der Waals surface area contributed by atoms with Gasteiger partial charge in [0.2, 0.25) is 0 Å². The lowest BCUT2D eigenvalue weighted by Crippen LogP contribution is -2.65. The maximum atomic E-state index is 12.9. The molecule has 200 valence electrons. The molecule has 0 amide bonds. The summed E-state index contributed by atoms with van der Waals surface area (Å²) in [5.74, 6) is 1.60. The van der Waals surface area contributed by atoms with Gasteiger partial charge in [-0.05, 0) is 93.8 Å². The highest BCUT2D eigenvalue weighted by molar-refractivity contribution is 5.85. The molecular weight excluding hydrogens is 440 g/mol. The van der Waals surface area contributed by atoms with E-state index in [1.54, 1.807) is 13.8 Å². The smallest absolute Gasteiger partial charge is 0.138 e. The minimum absolute atomic E-state index is 0.0660. The number of carbonyl (C=O) groups excluding carboxylic acids is 1. The molecule has 1 saturated heterocycles. The Bertz CT molecular complexity index is 907. The third-order valence-electron chi connectivity index (χ3n) is 13.2. The zero-order valence-corrected chi connectivity index (χ0v) is 23.4. The monoisotopic (exact) mass is 490 g/mol. The number of hydrogen-bond donors (Lipinski definition) is 3. The van der Waals surface area contributed by atoms with Crippen LogP contribution in [0.25, 0.3) is 0 Å². The van der Waals surface area contributed by atoms with Crippen LogP contribution >= 0.6 is 0 Å². The van der Waals surface area contributed by atoms with E-state index in [-0.39, 0.29) is 38.8 Å². The summed E-state index contributed by atoms with van der Waals surface area (Å²) >= 11 is 0. The summed E-state index contributed by atoms with van der Waals surface area (Å²) in [4.78, 5) is 12.9. The molecular formula is C30H50O5. The molecule has 0 radical (unpaired) electrons. The molecule has 5 nitrogen and oxygen atoms in total. The Balaban J connectivity index is 1.43.